The van der Waals surface area contributed by atoms with Crippen LogP contribution in [0.1, 0.15) is 40.0 Å². The highest BCUT2D eigenvalue weighted by Crippen LogP contribution is 2.20. The number of anilines is 1. The zero-order valence-electron chi connectivity index (χ0n) is 18.1. The maximum atomic E-state index is 12.9. The largest absolute Gasteiger partial charge is 0.385 e. The maximum Gasteiger partial charge on any atom is 0.255 e. The van der Waals surface area contributed by atoms with Gasteiger partial charge in [0.1, 0.15) is 0 Å². The molecule has 1 fully saturated rings. The molecule has 32 heavy (non-hydrogen) atoms. The van der Waals surface area contributed by atoms with Gasteiger partial charge < -0.3 is 20.3 Å². The van der Waals surface area contributed by atoms with Gasteiger partial charge in [0.05, 0.1) is 5.92 Å². The fraction of sp³-hybridized carbons (Fsp3) is 0.375. The summed E-state index contributed by atoms with van der Waals surface area (Å²) in [5, 5.41) is 6.29. The van der Waals surface area contributed by atoms with E-state index in [1.165, 1.54) is 0 Å². The van der Waals surface area contributed by atoms with Gasteiger partial charge in [-0.05, 0) is 67.8 Å². The fourth-order valence-corrected chi connectivity index (χ4v) is 3.76. The van der Waals surface area contributed by atoms with E-state index < -0.39 is 0 Å². The van der Waals surface area contributed by atoms with E-state index in [0.29, 0.717) is 48.1 Å². The molecule has 2 aromatic rings. The summed E-state index contributed by atoms with van der Waals surface area (Å²) in [5.74, 6) is -0.583. The molecule has 2 aromatic carbocycles. The molecule has 0 spiro atoms. The minimum atomic E-state index is -0.254. The molecule has 0 radical (unpaired) electrons. The normalized spacial score (nSPS) is 15.8. The number of piperidine rings is 1. The van der Waals surface area contributed by atoms with Crippen LogP contribution in [0.3, 0.4) is 0 Å². The second-order valence-corrected chi connectivity index (χ2v) is 8.20. The Bertz CT molecular complexity index is 931. The number of amides is 3. The highest BCUT2D eigenvalue weighted by molar-refractivity contribution is 6.30. The molecule has 1 saturated heterocycles. The molecule has 1 aliphatic heterocycles. The zero-order valence-corrected chi connectivity index (χ0v) is 18.9. The summed E-state index contributed by atoms with van der Waals surface area (Å²) in [6, 6.07) is 13.4. The lowest BCUT2D eigenvalue weighted by Crippen LogP contribution is -2.45. The third kappa shape index (κ3) is 6.55. The minimum Gasteiger partial charge on any atom is -0.385 e. The van der Waals surface area contributed by atoms with Crippen LogP contribution in [-0.2, 0) is 9.53 Å². The molecule has 1 heterocycles. The number of rotatable bonds is 8. The third-order valence-corrected chi connectivity index (χ3v) is 5.65. The Hall–Kier alpha value is -2.90. The predicted molar refractivity (Wildman–Crippen MR) is 124 cm³/mol. The van der Waals surface area contributed by atoms with Crippen LogP contribution in [0.25, 0.3) is 0 Å². The van der Waals surface area contributed by atoms with Gasteiger partial charge in [-0.2, -0.15) is 0 Å². The number of nitrogens with zero attached hydrogens (tertiary/aromatic N) is 1. The smallest absolute Gasteiger partial charge is 0.255 e. The number of likely N-dealkylation sites (tertiary alicyclic amines) is 1. The van der Waals surface area contributed by atoms with E-state index in [9.17, 15) is 14.4 Å². The number of carbonyl (C=O) groups is 3. The highest BCUT2D eigenvalue weighted by atomic mass is 35.5. The van der Waals surface area contributed by atoms with E-state index in [-0.39, 0.29) is 23.6 Å². The molecule has 0 aromatic heterocycles. The maximum absolute atomic E-state index is 12.9. The molecule has 0 bridgehead atoms. The van der Waals surface area contributed by atoms with Gasteiger partial charge in [-0.1, -0.05) is 11.6 Å². The third-order valence-electron chi connectivity index (χ3n) is 5.40. The van der Waals surface area contributed by atoms with Crippen LogP contribution in [0.2, 0.25) is 5.02 Å². The first-order valence-corrected chi connectivity index (χ1v) is 11.1. The monoisotopic (exact) mass is 457 g/mol. The van der Waals surface area contributed by atoms with Gasteiger partial charge in [-0.25, -0.2) is 0 Å². The Morgan fingerprint density at radius 3 is 2.44 bits per heavy atom. The van der Waals surface area contributed by atoms with E-state index in [0.717, 1.165) is 19.3 Å². The molecule has 2 N–H and O–H groups in total. The molecule has 3 rings (SSSR count). The summed E-state index contributed by atoms with van der Waals surface area (Å²) in [6.45, 7) is 2.21. The number of hydrogen-bond acceptors (Lipinski definition) is 4. The average Bonchev–Trinajstić information content (AvgIpc) is 2.82. The lowest BCUT2D eigenvalue weighted by molar-refractivity contribution is -0.126. The van der Waals surface area contributed by atoms with Crippen LogP contribution in [-0.4, -0.2) is 56.0 Å². The number of nitrogens with one attached hydrogen (secondary N) is 2. The first-order valence-electron chi connectivity index (χ1n) is 10.7. The molecule has 7 nitrogen and oxygen atoms in total. The number of methoxy groups -OCH3 is 1. The lowest BCUT2D eigenvalue weighted by atomic mass is 9.96. The number of benzene rings is 2. The molecule has 1 atom stereocenters. The summed E-state index contributed by atoms with van der Waals surface area (Å²) in [4.78, 5) is 39.4. The Balaban J connectivity index is 1.54. The minimum absolute atomic E-state index is 0.0149. The number of hydrogen-bond donors (Lipinski definition) is 2. The van der Waals surface area contributed by atoms with Crippen LogP contribution < -0.4 is 10.6 Å². The molecule has 1 aliphatic rings. The summed E-state index contributed by atoms with van der Waals surface area (Å²) in [7, 11) is 1.63. The SMILES string of the molecule is COCCCNC(=O)[C@@H]1CCCN(C(=O)c2ccc(NC(=O)c3ccc(Cl)cc3)cc2)C1. The second-order valence-electron chi connectivity index (χ2n) is 7.77. The van der Waals surface area contributed by atoms with E-state index in [1.807, 2.05) is 0 Å². The van der Waals surface area contributed by atoms with Crippen LogP contribution in [0.4, 0.5) is 5.69 Å². The van der Waals surface area contributed by atoms with Crippen molar-refractivity contribution in [3.63, 3.8) is 0 Å². The molecule has 170 valence electrons. The highest BCUT2D eigenvalue weighted by Gasteiger charge is 2.28. The van der Waals surface area contributed by atoms with Crippen LogP contribution in [0.15, 0.2) is 48.5 Å². The molecule has 0 aliphatic carbocycles. The standard InChI is InChI=1S/C24H28ClN3O4/c1-32-15-3-13-26-22(29)19-4-2-14-28(16-19)24(31)18-7-11-21(12-8-18)27-23(30)17-5-9-20(25)10-6-17/h5-12,19H,2-4,13-16H2,1H3,(H,26,29)(H,27,30)/t19-/m1/s1. The Morgan fingerprint density at radius 2 is 1.75 bits per heavy atom. The van der Waals surface area contributed by atoms with Crippen molar-refractivity contribution in [2.45, 2.75) is 19.3 Å². The van der Waals surface area contributed by atoms with Crippen molar-refractivity contribution in [3.05, 3.63) is 64.7 Å². The Kier molecular flexibility index (Phi) is 8.64. The van der Waals surface area contributed by atoms with Crippen molar-refractivity contribution < 1.29 is 19.1 Å². The predicted octanol–water partition coefficient (Wildman–Crippen LogP) is 3.60. The Labute approximate surface area is 193 Å². The summed E-state index contributed by atoms with van der Waals surface area (Å²) in [5.41, 5.74) is 1.61. The van der Waals surface area contributed by atoms with Crippen molar-refractivity contribution in [3.8, 4) is 0 Å². The second kappa shape index (κ2) is 11.6. The van der Waals surface area contributed by atoms with Crippen LogP contribution in [0.5, 0.6) is 0 Å². The van der Waals surface area contributed by atoms with E-state index >= 15 is 0 Å². The van der Waals surface area contributed by atoms with Gasteiger partial charge >= 0.3 is 0 Å². The van der Waals surface area contributed by atoms with Gasteiger partial charge in [0.2, 0.25) is 5.91 Å². The van der Waals surface area contributed by atoms with Crippen molar-refractivity contribution >= 4 is 35.0 Å². The number of ether oxygens (including phenoxy) is 1. The van der Waals surface area contributed by atoms with Gasteiger partial charge in [0, 0.05) is 55.2 Å². The summed E-state index contributed by atoms with van der Waals surface area (Å²) in [6.07, 6.45) is 2.32. The first-order chi connectivity index (χ1) is 15.5. The van der Waals surface area contributed by atoms with Crippen LogP contribution >= 0.6 is 11.6 Å². The van der Waals surface area contributed by atoms with E-state index in [4.69, 9.17) is 16.3 Å². The van der Waals surface area contributed by atoms with Crippen molar-refractivity contribution in [1.29, 1.82) is 0 Å². The quantitative estimate of drug-likeness (QED) is 0.593. The van der Waals surface area contributed by atoms with Gasteiger partial charge in [0.15, 0.2) is 0 Å². The molecule has 0 unspecified atom stereocenters. The van der Waals surface area contributed by atoms with Crippen LogP contribution in [0, 0.1) is 5.92 Å². The number of carbonyl (C=O) groups excluding carboxylic acids is 3. The molecule has 8 heteroatoms. The molecular formula is C24H28ClN3O4. The molecular weight excluding hydrogens is 430 g/mol. The fourth-order valence-electron chi connectivity index (χ4n) is 3.63. The summed E-state index contributed by atoms with van der Waals surface area (Å²) < 4.78 is 4.99. The number of halogens is 1. The average molecular weight is 458 g/mol. The van der Waals surface area contributed by atoms with Gasteiger partial charge in [-0.3, -0.25) is 14.4 Å². The summed E-state index contributed by atoms with van der Waals surface area (Å²) >= 11 is 5.85. The van der Waals surface area contributed by atoms with Crippen molar-refractivity contribution in [2.75, 3.05) is 38.7 Å². The van der Waals surface area contributed by atoms with Crippen molar-refractivity contribution in [1.82, 2.24) is 10.2 Å². The van der Waals surface area contributed by atoms with Crippen molar-refractivity contribution in [2.24, 2.45) is 5.92 Å². The van der Waals surface area contributed by atoms with Gasteiger partial charge in [-0.15, -0.1) is 0 Å². The lowest BCUT2D eigenvalue weighted by Gasteiger charge is -2.32. The molecule has 3 amide bonds. The zero-order chi connectivity index (χ0) is 22.9. The van der Waals surface area contributed by atoms with E-state index in [2.05, 4.69) is 10.6 Å². The van der Waals surface area contributed by atoms with Gasteiger partial charge in [0.25, 0.3) is 11.8 Å². The molecule has 0 saturated carbocycles. The Morgan fingerprint density at radius 1 is 1.06 bits per heavy atom. The van der Waals surface area contributed by atoms with E-state index in [1.54, 1.807) is 60.5 Å². The topological polar surface area (TPSA) is 87.7 Å². The first kappa shape index (κ1) is 23.8.